The van der Waals surface area contributed by atoms with E-state index in [0.717, 1.165) is 10.5 Å². The largest absolute Gasteiger partial charge is 0.444 e. The number of nitrogens with zero attached hydrogens (tertiary/aromatic N) is 2. The number of benzene rings is 2. The van der Waals surface area contributed by atoms with E-state index in [4.69, 9.17) is 4.74 Å². The van der Waals surface area contributed by atoms with Crippen LogP contribution in [-0.4, -0.2) is 52.3 Å². The van der Waals surface area contributed by atoms with Gasteiger partial charge in [-0.3, -0.25) is 19.3 Å². The fourth-order valence-corrected chi connectivity index (χ4v) is 3.49. The number of rotatable bonds is 7. The van der Waals surface area contributed by atoms with Crippen LogP contribution in [-0.2, 0) is 16.1 Å². The van der Waals surface area contributed by atoms with Crippen molar-refractivity contribution in [1.29, 1.82) is 0 Å². The molecule has 2 aromatic rings. The number of ether oxygens (including phenoxy) is 1. The summed E-state index contributed by atoms with van der Waals surface area (Å²) in [6, 6.07) is 13.8. The average molecular weight is 452 g/mol. The third kappa shape index (κ3) is 5.77. The molecule has 3 rings (SSSR count). The highest BCUT2D eigenvalue weighted by molar-refractivity contribution is 6.21. The van der Waals surface area contributed by atoms with Crippen molar-refractivity contribution in [3.05, 3.63) is 65.2 Å². The molecule has 8 heteroatoms. The highest BCUT2D eigenvalue weighted by Gasteiger charge is 2.35. The van der Waals surface area contributed by atoms with Gasteiger partial charge in [0.05, 0.1) is 17.7 Å². The van der Waals surface area contributed by atoms with Crippen molar-refractivity contribution in [2.75, 3.05) is 18.4 Å². The van der Waals surface area contributed by atoms with E-state index in [9.17, 15) is 19.2 Å². The molecular weight excluding hydrogens is 422 g/mol. The number of carbonyl (C=O) groups is 4. The second-order valence-electron chi connectivity index (χ2n) is 8.76. The average Bonchev–Trinajstić information content (AvgIpc) is 3.00. The Bertz CT molecular complexity index is 1040. The number of para-hydroxylation sites is 1. The quantitative estimate of drug-likeness (QED) is 0.640. The molecule has 0 saturated heterocycles. The summed E-state index contributed by atoms with van der Waals surface area (Å²) in [5.74, 6) is -1.11. The van der Waals surface area contributed by atoms with Gasteiger partial charge in [0.15, 0.2) is 0 Å². The Morgan fingerprint density at radius 2 is 1.55 bits per heavy atom. The van der Waals surface area contributed by atoms with Gasteiger partial charge >= 0.3 is 6.09 Å². The molecule has 8 nitrogen and oxygen atoms in total. The lowest BCUT2D eigenvalue weighted by Gasteiger charge is -2.27. The first-order valence-corrected chi connectivity index (χ1v) is 10.9. The van der Waals surface area contributed by atoms with Gasteiger partial charge in [-0.1, -0.05) is 30.3 Å². The van der Waals surface area contributed by atoms with Crippen molar-refractivity contribution in [2.24, 2.45) is 0 Å². The van der Waals surface area contributed by atoms with Crippen LogP contribution < -0.4 is 5.32 Å². The molecule has 0 radical (unpaired) electrons. The van der Waals surface area contributed by atoms with Crippen LogP contribution >= 0.6 is 0 Å². The molecule has 0 bridgehead atoms. The van der Waals surface area contributed by atoms with Crippen molar-refractivity contribution in [3.63, 3.8) is 0 Å². The van der Waals surface area contributed by atoms with E-state index in [1.165, 1.54) is 0 Å². The topological polar surface area (TPSA) is 96.0 Å². The second kappa shape index (κ2) is 9.85. The number of imide groups is 1. The SMILES string of the molecule is CCN(Cc1ccccc1NC(=O)CCN1C(=O)c2ccccc2C1=O)C(=O)OC(C)(C)C. The minimum atomic E-state index is -0.609. The first-order valence-electron chi connectivity index (χ1n) is 10.9. The van der Waals surface area contributed by atoms with Crippen LogP contribution in [0.3, 0.4) is 0 Å². The summed E-state index contributed by atoms with van der Waals surface area (Å²) in [7, 11) is 0. The Kier molecular flexibility index (Phi) is 7.16. The zero-order valence-electron chi connectivity index (χ0n) is 19.4. The molecule has 2 aromatic carbocycles. The van der Waals surface area contributed by atoms with Crippen LogP contribution in [0.2, 0.25) is 0 Å². The van der Waals surface area contributed by atoms with Crippen molar-refractivity contribution < 1.29 is 23.9 Å². The molecule has 0 saturated carbocycles. The Hall–Kier alpha value is -3.68. The predicted octanol–water partition coefficient (Wildman–Crippen LogP) is 4.07. The maximum atomic E-state index is 12.6. The van der Waals surface area contributed by atoms with E-state index >= 15 is 0 Å². The van der Waals surface area contributed by atoms with Crippen LogP contribution in [0.25, 0.3) is 0 Å². The molecule has 0 spiro atoms. The monoisotopic (exact) mass is 451 g/mol. The molecular formula is C25H29N3O5. The molecule has 0 aliphatic carbocycles. The molecule has 0 atom stereocenters. The maximum absolute atomic E-state index is 12.6. The van der Waals surface area contributed by atoms with Gasteiger partial charge in [-0.15, -0.1) is 0 Å². The second-order valence-corrected chi connectivity index (χ2v) is 8.76. The van der Waals surface area contributed by atoms with Crippen LogP contribution in [0.1, 0.15) is 60.4 Å². The van der Waals surface area contributed by atoms with Crippen LogP contribution in [0, 0.1) is 0 Å². The molecule has 0 aromatic heterocycles. The Morgan fingerprint density at radius 3 is 2.12 bits per heavy atom. The molecule has 0 unspecified atom stereocenters. The van der Waals surface area contributed by atoms with Gasteiger partial charge in [0.25, 0.3) is 11.8 Å². The maximum Gasteiger partial charge on any atom is 0.410 e. The van der Waals surface area contributed by atoms with Crippen molar-refractivity contribution in [1.82, 2.24) is 9.80 Å². The third-order valence-corrected chi connectivity index (χ3v) is 5.13. The minimum absolute atomic E-state index is 0.0145. The third-order valence-electron chi connectivity index (χ3n) is 5.13. The van der Waals surface area contributed by atoms with Gasteiger partial charge in [-0.25, -0.2) is 4.79 Å². The summed E-state index contributed by atoms with van der Waals surface area (Å²) in [5.41, 5.74) is 1.42. The summed E-state index contributed by atoms with van der Waals surface area (Å²) < 4.78 is 5.46. The normalized spacial score (nSPS) is 13.0. The molecule has 1 heterocycles. The molecule has 1 N–H and O–H groups in total. The molecule has 4 amide bonds. The van der Waals surface area contributed by atoms with Crippen molar-refractivity contribution in [2.45, 2.75) is 46.3 Å². The molecule has 174 valence electrons. The van der Waals surface area contributed by atoms with E-state index < -0.39 is 11.7 Å². The Balaban J connectivity index is 1.63. The smallest absolute Gasteiger partial charge is 0.410 e. The standard InChI is InChI=1S/C25H29N3O5/c1-5-27(24(32)33-25(2,3)4)16-17-10-6-9-13-20(17)26-21(29)14-15-28-22(30)18-11-7-8-12-19(18)23(28)31/h6-13H,5,14-16H2,1-4H3,(H,26,29). The number of hydrogen-bond acceptors (Lipinski definition) is 5. The summed E-state index contributed by atoms with van der Waals surface area (Å²) >= 11 is 0. The molecule has 0 fully saturated rings. The summed E-state index contributed by atoms with van der Waals surface area (Å²) in [6.45, 7) is 7.97. The minimum Gasteiger partial charge on any atom is -0.444 e. The van der Waals surface area contributed by atoms with E-state index in [0.29, 0.717) is 23.4 Å². The fourth-order valence-electron chi connectivity index (χ4n) is 3.49. The van der Waals surface area contributed by atoms with Gasteiger partial charge in [0, 0.05) is 25.2 Å². The lowest BCUT2D eigenvalue weighted by Crippen LogP contribution is -2.36. The number of amides is 4. The lowest BCUT2D eigenvalue weighted by atomic mass is 10.1. The number of carbonyl (C=O) groups excluding carboxylic acids is 4. The van der Waals surface area contributed by atoms with Gasteiger partial charge in [-0.2, -0.15) is 0 Å². The lowest BCUT2D eigenvalue weighted by molar-refractivity contribution is -0.116. The van der Waals surface area contributed by atoms with Gasteiger partial charge in [-0.05, 0) is 51.5 Å². The first kappa shape index (κ1) is 24.0. The van der Waals surface area contributed by atoms with Gasteiger partial charge < -0.3 is 15.0 Å². The molecule has 1 aliphatic rings. The number of anilines is 1. The highest BCUT2D eigenvalue weighted by atomic mass is 16.6. The number of nitrogens with one attached hydrogen (secondary N) is 1. The number of hydrogen-bond donors (Lipinski definition) is 1. The highest BCUT2D eigenvalue weighted by Crippen LogP contribution is 2.23. The van der Waals surface area contributed by atoms with Crippen LogP contribution in [0.5, 0.6) is 0 Å². The predicted molar refractivity (Wildman–Crippen MR) is 124 cm³/mol. The van der Waals surface area contributed by atoms with Crippen molar-refractivity contribution >= 4 is 29.5 Å². The van der Waals surface area contributed by atoms with Crippen LogP contribution in [0.15, 0.2) is 48.5 Å². The summed E-state index contributed by atoms with van der Waals surface area (Å²) in [4.78, 5) is 52.7. The Morgan fingerprint density at radius 1 is 0.970 bits per heavy atom. The first-order chi connectivity index (χ1) is 15.6. The van der Waals surface area contributed by atoms with E-state index in [-0.39, 0.29) is 37.2 Å². The zero-order valence-corrected chi connectivity index (χ0v) is 19.4. The number of fused-ring (bicyclic) bond motifs is 1. The fraction of sp³-hybridized carbons (Fsp3) is 0.360. The molecule has 1 aliphatic heterocycles. The van der Waals surface area contributed by atoms with Gasteiger partial charge in [0.2, 0.25) is 5.91 Å². The van der Waals surface area contributed by atoms with E-state index in [1.54, 1.807) is 62.1 Å². The van der Waals surface area contributed by atoms with Gasteiger partial charge in [0.1, 0.15) is 5.60 Å². The summed E-state index contributed by atoms with van der Waals surface area (Å²) in [6.07, 6.45) is -0.472. The van der Waals surface area contributed by atoms with Crippen LogP contribution in [0.4, 0.5) is 10.5 Å². The van der Waals surface area contributed by atoms with Crippen molar-refractivity contribution in [3.8, 4) is 0 Å². The Labute approximate surface area is 193 Å². The molecule has 33 heavy (non-hydrogen) atoms. The van der Waals surface area contributed by atoms with E-state index in [1.807, 2.05) is 19.1 Å². The summed E-state index contributed by atoms with van der Waals surface area (Å²) in [5, 5.41) is 2.83. The van der Waals surface area contributed by atoms with E-state index in [2.05, 4.69) is 5.32 Å². The zero-order chi connectivity index (χ0) is 24.2.